The van der Waals surface area contributed by atoms with Crippen LogP contribution in [0.5, 0.6) is 11.5 Å². The average molecular weight is 1180 g/mol. The molecule has 0 aliphatic carbocycles. The SMILES string of the molecule is [2H]c1c([2H])c(-c2cccc(-c3cc(C(C)(C)C)cc(C(C)(C)C)c3)c2N2[CH-]N(c3[c-]c(Oc4[c-]c5c(cc4)c4ccccc4n5-c4ccc(C(C)(C)C)cn4)ccc3)c3ccccc32)c([2H])c([2H])c1-c1ccc(C(C)(C)C)cc1.[Pt]. The minimum absolute atomic E-state index is 0. The fourth-order valence-electron chi connectivity index (χ4n) is 9.99. The van der Waals surface area contributed by atoms with Gasteiger partial charge in [-0.2, -0.15) is 12.1 Å². The van der Waals surface area contributed by atoms with E-state index in [1.165, 1.54) is 11.1 Å². The van der Waals surface area contributed by atoms with Gasteiger partial charge in [-0.05, 0) is 95.8 Å². The molecule has 0 atom stereocenters. The Morgan fingerprint density at radius 1 is 0.474 bits per heavy atom. The Morgan fingerprint density at radius 3 is 1.67 bits per heavy atom. The molecule has 0 saturated heterocycles. The van der Waals surface area contributed by atoms with E-state index in [1.807, 2.05) is 91.7 Å². The van der Waals surface area contributed by atoms with Gasteiger partial charge in [0, 0.05) is 72.5 Å². The molecular formula is C70H67N4OPt-3. The average Bonchev–Trinajstić information content (AvgIpc) is 4.07. The molecule has 11 rings (SSSR count). The first kappa shape index (κ1) is 47.3. The Kier molecular flexibility index (Phi) is 12.3. The molecule has 0 N–H and O–H groups in total. The summed E-state index contributed by atoms with van der Waals surface area (Å²) >= 11 is 0. The number of ether oxygens (including phenoxy) is 1. The van der Waals surface area contributed by atoms with Gasteiger partial charge in [0.15, 0.2) is 0 Å². The number of nitrogens with zero attached hydrogens (tertiary/aromatic N) is 4. The molecule has 10 aromatic rings. The van der Waals surface area contributed by atoms with Crippen molar-refractivity contribution in [3.63, 3.8) is 0 Å². The van der Waals surface area contributed by atoms with E-state index in [-0.39, 0.29) is 78.0 Å². The summed E-state index contributed by atoms with van der Waals surface area (Å²) in [5.41, 5.74) is 12.8. The van der Waals surface area contributed by atoms with E-state index in [9.17, 15) is 5.48 Å². The summed E-state index contributed by atoms with van der Waals surface area (Å²) in [6, 6.07) is 58.2. The molecule has 386 valence electrons. The molecule has 8 aromatic carbocycles. The van der Waals surface area contributed by atoms with Crippen LogP contribution >= 0.6 is 0 Å². The number of para-hydroxylation sites is 4. The maximum absolute atomic E-state index is 9.81. The van der Waals surface area contributed by atoms with Gasteiger partial charge in [-0.3, -0.25) is 0 Å². The topological polar surface area (TPSA) is 33.5 Å². The Labute approximate surface area is 471 Å². The summed E-state index contributed by atoms with van der Waals surface area (Å²) in [4.78, 5) is 9.19. The van der Waals surface area contributed by atoms with Crippen LogP contribution in [-0.4, -0.2) is 9.55 Å². The van der Waals surface area contributed by atoms with Crippen molar-refractivity contribution < 1.29 is 31.3 Å². The number of hydrogen-bond acceptors (Lipinski definition) is 4. The van der Waals surface area contributed by atoms with E-state index in [4.69, 9.17) is 9.72 Å². The third-order valence-corrected chi connectivity index (χ3v) is 14.5. The third-order valence-electron chi connectivity index (χ3n) is 14.5. The van der Waals surface area contributed by atoms with Crippen molar-refractivity contribution in [1.29, 1.82) is 0 Å². The van der Waals surface area contributed by atoms with Gasteiger partial charge in [0.05, 0.1) is 5.48 Å². The first-order valence-corrected chi connectivity index (χ1v) is 26.0. The van der Waals surface area contributed by atoms with Crippen LogP contribution in [-0.2, 0) is 42.7 Å². The van der Waals surface area contributed by atoms with Crippen molar-refractivity contribution in [2.24, 2.45) is 0 Å². The second-order valence-electron chi connectivity index (χ2n) is 24.0. The number of rotatable bonds is 8. The smallest absolute Gasteiger partial charge is 0.135 e. The predicted molar refractivity (Wildman–Crippen MR) is 315 cm³/mol. The van der Waals surface area contributed by atoms with Gasteiger partial charge in [-0.25, -0.2) is 4.98 Å². The van der Waals surface area contributed by atoms with Crippen LogP contribution in [0, 0.1) is 18.8 Å². The zero-order valence-electron chi connectivity index (χ0n) is 49.6. The molecule has 76 heavy (non-hydrogen) atoms. The van der Waals surface area contributed by atoms with E-state index >= 15 is 0 Å². The number of anilines is 4. The second-order valence-corrected chi connectivity index (χ2v) is 24.0. The molecule has 0 saturated carbocycles. The fraction of sp³-hybridized carbons (Fsp3) is 0.229. The van der Waals surface area contributed by atoms with Crippen LogP contribution < -0.4 is 14.5 Å². The first-order chi connectivity index (χ1) is 37.4. The Balaban J connectivity index is 0.00000720. The summed E-state index contributed by atoms with van der Waals surface area (Å²) in [7, 11) is 0. The van der Waals surface area contributed by atoms with E-state index in [0.717, 1.165) is 72.6 Å². The van der Waals surface area contributed by atoms with Crippen LogP contribution in [0.2, 0.25) is 0 Å². The largest absolute Gasteiger partial charge is 0.509 e. The van der Waals surface area contributed by atoms with Gasteiger partial charge in [-0.1, -0.05) is 210 Å². The van der Waals surface area contributed by atoms with Crippen molar-refractivity contribution in [1.82, 2.24) is 9.55 Å². The molecule has 0 radical (unpaired) electrons. The van der Waals surface area contributed by atoms with E-state index in [2.05, 4.69) is 182 Å². The Hall–Kier alpha value is -7.20. The molecule has 0 spiro atoms. The van der Waals surface area contributed by atoms with Gasteiger partial charge in [-0.15, -0.1) is 48.1 Å². The van der Waals surface area contributed by atoms with Gasteiger partial charge in [0.2, 0.25) is 0 Å². The van der Waals surface area contributed by atoms with Crippen LogP contribution in [0.25, 0.3) is 61.0 Å². The number of pyridine rings is 1. The molecule has 0 fully saturated rings. The van der Waals surface area contributed by atoms with Gasteiger partial charge >= 0.3 is 0 Å². The molecule has 1 aliphatic heterocycles. The van der Waals surface area contributed by atoms with Crippen LogP contribution in [0.15, 0.2) is 182 Å². The molecule has 6 heteroatoms. The van der Waals surface area contributed by atoms with E-state index < -0.39 is 0 Å². The zero-order chi connectivity index (χ0) is 56.1. The Morgan fingerprint density at radius 2 is 1.04 bits per heavy atom. The molecule has 3 heterocycles. The van der Waals surface area contributed by atoms with Crippen LogP contribution in [0.1, 0.15) is 111 Å². The maximum Gasteiger partial charge on any atom is 0.135 e. The Bertz CT molecular complexity index is 3950. The quantitative estimate of drug-likeness (QED) is 0.142. The first-order valence-electron chi connectivity index (χ1n) is 28.0. The van der Waals surface area contributed by atoms with E-state index in [1.54, 1.807) is 0 Å². The second kappa shape index (κ2) is 19.7. The number of benzene rings is 8. The van der Waals surface area contributed by atoms with Crippen molar-refractivity contribution >= 4 is 44.6 Å². The third kappa shape index (κ3) is 10.0. The fourth-order valence-corrected chi connectivity index (χ4v) is 9.99. The molecule has 0 bridgehead atoms. The summed E-state index contributed by atoms with van der Waals surface area (Å²) in [5.74, 6) is 1.83. The van der Waals surface area contributed by atoms with Crippen LogP contribution in [0.3, 0.4) is 0 Å². The van der Waals surface area contributed by atoms with Crippen molar-refractivity contribution in [2.45, 2.75) is 105 Å². The number of fused-ring (bicyclic) bond motifs is 4. The van der Waals surface area contributed by atoms with Gasteiger partial charge < -0.3 is 19.1 Å². The molecule has 1 aliphatic rings. The van der Waals surface area contributed by atoms with Crippen molar-refractivity contribution in [2.75, 3.05) is 9.80 Å². The zero-order valence-corrected chi connectivity index (χ0v) is 47.9. The monoisotopic (exact) mass is 1180 g/mol. The van der Waals surface area contributed by atoms with Crippen molar-refractivity contribution in [3.8, 4) is 50.7 Å². The predicted octanol–water partition coefficient (Wildman–Crippen LogP) is 19.2. The number of hydrogen-bond donors (Lipinski definition) is 0. The molecule has 5 nitrogen and oxygen atoms in total. The minimum Gasteiger partial charge on any atom is -0.509 e. The summed E-state index contributed by atoms with van der Waals surface area (Å²) < 4.78 is 47.6. The minimum atomic E-state index is -0.179. The number of aromatic nitrogens is 2. The molecule has 0 unspecified atom stereocenters. The summed E-state index contributed by atoms with van der Waals surface area (Å²) in [6.45, 7) is 28.4. The van der Waals surface area contributed by atoms with Crippen molar-refractivity contribution in [3.05, 3.63) is 223 Å². The van der Waals surface area contributed by atoms with Crippen LogP contribution in [0.4, 0.5) is 22.7 Å². The normalized spacial score (nSPS) is 13.8. The molecule has 2 aromatic heterocycles. The van der Waals surface area contributed by atoms with Gasteiger partial charge in [0.1, 0.15) is 5.82 Å². The summed E-state index contributed by atoms with van der Waals surface area (Å²) in [6.07, 6.45) is 1.96. The molecular weight excluding hydrogens is 1110 g/mol. The maximum atomic E-state index is 9.81. The van der Waals surface area contributed by atoms with Gasteiger partial charge in [0.25, 0.3) is 0 Å². The summed E-state index contributed by atoms with van der Waals surface area (Å²) in [5, 5.41) is 2.14. The standard InChI is InChI=1S/C70H67N4O.Pt/c1-67(2,3)50-33-31-47(32-34-50)46-27-29-48(30-28-46)57-22-18-23-58(49-39-52(69(7,8)9)41-53(40-49)70(10,11)12)66(57)73-45-72(62-25-15-16-26-63(62)73)54-19-17-20-55(42-54)75-56-36-37-60-59-21-13-14-24-61(59)74(64(60)43-56)65-38-35-51(44-71-65)68(4,5)6;/h13-41,44-45H,1-12H3;/q-3;/i27D,28D,29D,30D;. The van der Waals surface area contributed by atoms with E-state index in [0.29, 0.717) is 22.6 Å². The molecule has 0 amide bonds.